The molecule has 1 aromatic carbocycles. The van der Waals surface area contributed by atoms with Crippen molar-refractivity contribution in [1.29, 1.82) is 0 Å². The summed E-state index contributed by atoms with van der Waals surface area (Å²) < 4.78 is 1.32. The second-order valence-electron chi connectivity index (χ2n) is 5.07. The van der Waals surface area contributed by atoms with Crippen molar-refractivity contribution in [3.63, 3.8) is 0 Å². The van der Waals surface area contributed by atoms with Gasteiger partial charge in [-0.15, -0.1) is 5.10 Å². The normalized spacial score (nSPS) is 10.5. The number of carbonyl (C=O) groups is 2. The first kappa shape index (κ1) is 15.7. The van der Waals surface area contributed by atoms with Gasteiger partial charge >= 0.3 is 5.97 Å². The molecule has 22 heavy (non-hydrogen) atoms. The monoisotopic (exact) mass is 302 g/mol. The van der Waals surface area contributed by atoms with Gasteiger partial charge in [0.2, 0.25) is 5.91 Å². The van der Waals surface area contributed by atoms with Gasteiger partial charge in [0.15, 0.2) is 5.69 Å². The summed E-state index contributed by atoms with van der Waals surface area (Å²) in [6, 6.07) is 5.73. The third-order valence-corrected chi connectivity index (χ3v) is 3.32. The second-order valence-corrected chi connectivity index (χ2v) is 5.07. The number of anilines is 1. The van der Waals surface area contributed by atoms with Gasteiger partial charge in [-0.25, -0.2) is 9.48 Å². The molecular formula is C15H18N4O3. The topological polar surface area (TPSA) is 97.1 Å². The number of nitrogens with zero attached hydrogens (tertiary/aromatic N) is 3. The lowest BCUT2D eigenvalue weighted by Crippen LogP contribution is -2.21. The summed E-state index contributed by atoms with van der Waals surface area (Å²) in [5, 5.41) is 19.2. The molecule has 1 amide bonds. The third-order valence-electron chi connectivity index (χ3n) is 3.32. The fourth-order valence-electron chi connectivity index (χ4n) is 2.26. The average molecular weight is 302 g/mol. The van der Waals surface area contributed by atoms with Crippen LogP contribution in [0.15, 0.2) is 18.2 Å². The molecule has 116 valence electrons. The Morgan fingerprint density at radius 3 is 2.64 bits per heavy atom. The molecule has 0 aliphatic rings. The summed E-state index contributed by atoms with van der Waals surface area (Å²) in [5.74, 6) is -1.42. The van der Waals surface area contributed by atoms with Crippen molar-refractivity contribution in [2.45, 2.75) is 33.7 Å². The quantitative estimate of drug-likeness (QED) is 0.877. The zero-order chi connectivity index (χ0) is 16.3. The van der Waals surface area contributed by atoms with Crippen molar-refractivity contribution >= 4 is 17.6 Å². The Hall–Kier alpha value is -2.70. The van der Waals surface area contributed by atoms with Crippen LogP contribution in [0, 0.1) is 13.8 Å². The predicted octanol–water partition coefficient (Wildman–Crippen LogP) is 1.79. The Morgan fingerprint density at radius 2 is 2.05 bits per heavy atom. The van der Waals surface area contributed by atoms with E-state index in [4.69, 9.17) is 5.11 Å². The molecule has 0 atom stereocenters. The molecule has 7 nitrogen and oxygen atoms in total. The van der Waals surface area contributed by atoms with Crippen LogP contribution in [0.1, 0.15) is 34.2 Å². The number of hydrogen-bond acceptors (Lipinski definition) is 4. The molecule has 0 radical (unpaired) electrons. The van der Waals surface area contributed by atoms with Gasteiger partial charge in [0.05, 0.1) is 5.69 Å². The smallest absolute Gasteiger partial charge is 0.358 e. The molecular weight excluding hydrogens is 284 g/mol. The minimum atomic E-state index is -1.14. The molecule has 2 rings (SSSR count). The van der Waals surface area contributed by atoms with Crippen LogP contribution in [-0.2, 0) is 17.8 Å². The van der Waals surface area contributed by atoms with Crippen molar-refractivity contribution in [3.05, 3.63) is 40.7 Å². The number of rotatable bonds is 5. The average Bonchev–Trinajstić information content (AvgIpc) is 2.84. The highest BCUT2D eigenvalue weighted by Gasteiger charge is 2.19. The van der Waals surface area contributed by atoms with Crippen molar-refractivity contribution in [3.8, 4) is 0 Å². The Labute approximate surface area is 128 Å². The molecule has 0 spiro atoms. The zero-order valence-corrected chi connectivity index (χ0v) is 12.8. The van der Waals surface area contributed by atoms with Crippen LogP contribution in [0.2, 0.25) is 0 Å². The van der Waals surface area contributed by atoms with Gasteiger partial charge in [-0.1, -0.05) is 29.8 Å². The summed E-state index contributed by atoms with van der Waals surface area (Å²) >= 11 is 0. The number of carboxylic acid groups (broad SMARTS) is 1. The van der Waals surface area contributed by atoms with Gasteiger partial charge in [0.25, 0.3) is 0 Å². The fraction of sp³-hybridized carbons (Fsp3) is 0.333. The Morgan fingerprint density at radius 1 is 1.32 bits per heavy atom. The maximum Gasteiger partial charge on any atom is 0.358 e. The molecule has 0 fully saturated rings. The number of hydrogen-bond donors (Lipinski definition) is 2. The Kier molecular flexibility index (Phi) is 4.55. The first-order valence-electron chi connectivity index (χ1n) is 6.95. The van der Waals surface area contributed by atoms with E-state index in [2.05, 4.69) is 15.6 Å². The number of benzene rings is 1. The highest BCUT2D eigenvalue weighted by molar-refractivity contribution is 5.91. The molecule has 0 aliphatic carbocycles. The number of carbonyl (C=O) groups excluding carboxylic acids is 1. The highest BCUT2D eigenvalue weighted by atomic mass is 16.4. The highest BCUT2D eigenvalue weighted by Crippen LogP contribution is 2.16. The van der Waals surface area contributed by atoms with Gasteiger partial charge in [-0.2, -0.15) is 0 Å². The van der Waals surface area contributed by atoms with Crippen LogP contribution in [0.5, 0.6) is 0 Å². The van der Waals surface area contributed by atoms with Crippen molar-refractivity contribution in [2.75, 3.05) is 5.32 Å². The van der Waals surface area contributed by atoms with Crippen LogP contribution < -0.4 is 5.32 Å². The molecule has 0 aliphatic heterocycles. The second kappa shape index (κ2) is 6.38. The van der Waals surface area contributed by atoms with E-state index in [1.165, 1.54) is 4.68 Å². The van der Waals surface area contributed by atoms with E-state index < -0.39 is 5.97 Å². The fourth-order valence-corrected chi connectivity index (χ4v) is 2.26. The van der Waals surface area contributed by atoms with Crippen LogP contribution in [-0.4, -0.2) is 32.0 Å². The van der Waals surface area contributed by atoms with E-state index in [1.54, 1.807) is 6.92 Å². The molecule has 1 heterocycles. The van der Waals surface area contributed by atoms with Crippen molar-refractivity contribution < 1.29 is 14.7 Å². The van der Waals surface area contributed by atoms with E-state index >= 15 is 0 Å². The maximum atomic E-state index is 12.1. The summed E-state index contributed by atoms with van der Waals surface area (Å²) in [4.78, 5) is 23.2. The third kappa shape index (κ3) is 3.30. The first-order valence-corrected chi connectivity index (χ1v) is 6.95. The predicted molar refractivity (Wildman–Crippen MR) is 80.9 cm³/mol. The van der Waals surface area contributed by atoms with Gasteiger partial charge in [0.1, 0.15) is 6.54 Å². The van der Waals surface area contributed by atoms with E-state index in [0.717, 1.165) is 16.8 Å². The largest absolute Gasteiger partial charge is 0.476 e. The van der Waals surface area contributed by atoms with Crippen molar-refractivity contribution in [2.24, 2.45) is 0 Å². The lowest BCUT2D eigenvalue weighted by molar-refractivity contribution is -0.117. The van der Waals surface area contributed by atoms with Gasteiger partial charge in [-0.3, -0.25) is 4.79 Å². The van der Waals surface area contributed by atoms with E-state index in [9.17, 15) is 9.59 Å². The maximum absolute atomic E-state index is 12.1. The molecule has 0 unspecified atom stereocenters. The van der Waals surface area contributed by atoms with Gasteiger partial charge in [-0.05, 0) is 31.9 Å². The lowest BCUT2D eigenvalue weighted by atomic mass is 10.1. The Bertz CT molecular complexity index is 722. The zero-order valence-electron chi connectivity index (χ0n) is 12.8. The van der Waals surface area contributed by atoms with E-state index in [1.807, 2.05) is 32.0 Å². The molecule has 0 saturated heterocycles. The van der Waals surface area contributed by atoms with Crippen LogP contribution in [0.4, 0.5) is 5.69 Å². The molecule has 0 bridgehead atoms. The number of aromatic nitrogens is 3. The number of aromatic carboxylic acids is 1. The van der Waals surface area contributed by atoms with E-state index in [-0.39, 0.29) is 18.1 Å². The van der Waals surface area contributed by atoms with Crippen LogP contribution in [0.3, 0.4) is 0 Å². The summed E-state index contributed by atoms with van der Waals surface area (Å²) in [6.07, 6.45) is 0.436. The minimum Gasteiger partial charge on any atom is -0.476 e. The standard InChI is InChI=1S/C15H18N4O3/c1-4-12-14(15(21)22)17-18-19(12)8-13(20)16-11-6-5-9(2)7-10(11)3/h5-7H,4,8H2,1-3H3,(H,16,20)(H,21,22). The van der Waals surface area contributed by atoms with Gasteiger partial charge in [0, 0.05) is 5.69 Å². The summed E-state index contributed by atoms with van der Waals surface area (Å²) in [7, 11) is 0. The summed E-state index contributed by atoms with van der Waals surface area (Å²) in [6.45, 7) is 5.62. The SMILES string of the molecule is CCc1c(C(=O)O)nnn1CC(=O)Nc1ccc(C)cc1C. The molecule has 7 heteroatoms. The number of carboxylic acids is 1. The summed E-state index contributed by atoms with van der Waals surface area (Å²) in [5.41, 5.74) is 3.14. The number of aryl methyl sites for hydroxylation is 2. The van der Waals surface area contributed by atoms with Crippen molar-refractivity contribution in [1.82, 2.24) is 15.0 Å². The molecule has 0 saturated carbocycles. The van der Waals surface area contributed by atoms with Crippen LogP contribution >= 0.6 is 0 Å². The van der Waals surface area contributed by atoms with Crippen LogP contribution in [0.25, 0.3) is 0 Å². The van der Waals surface area contributed by atoms with E-state index in [0.29, 0.717) is 12.1 Å². The molecule has 2 N–H and O–H groups in total. The lowest BCUT2D eigenvalue weighted by Gasteiger charge is -2.10. The minimum absolute atomic E-state index is 0.0726. The first-order chi connectivity index (χ1) is 10.4. The molecule has 1 aromatic heterocycles. The number of amides is 1. The van der Waals surface area contributed by atoms with Gasteiger partial charge < -0.3 is 10.4 Å². The number of nitrogens with one attached hydrogen (secondary N) is 1. The molecule has 2 aromatic rings. The Balaban J connectivity index is 2.14.